The van der Waals surface area contributed by atoms with Gasteiger partial charge in [-0.3, -0.25) is 0 Å². The lowest BCUT2D eigenvalue weighted by atomic mass is 10.1. The van der Waals surface area contributed by atoms with E-state index in [4.69, 9.17) is 11.6 Å². The highest BCUT2D eigenvalue weighted by molar-refractivity contribution is 6.28. The minimum atomic E-state index is -0.229. The van der Waals surface area contributed by atoms with Crippen molar-refractivity contribution in [3.63, 3.8) is 0 Å². The Hall–Kier alpha value is -1.94. The van der Waals surface area contributed by atoms with Crippen LogP contribution in [0.1, 0.15) is 5.56 Å². The van der Waals surface area contributed by atoms with Crippen LogP contribution in [-0.2, 0) is 7.05 Å². The molecule has 3 nitrogen and oxygen atoms in total. The van der Waals surface area contributed by atoms with E-state index in [2.05, 4.69) is 9.97 Å². The molecule has 0 unspecified atom stereocenters. The highest BCUT2D eigenvalue weighted by Gasteiger charge is 2.12. The van der Waals surface area contributed by atoms with Crippen molar-refractivity contribution in [3.8, 4) is 11.3 Å². The van der Waals surface area contributed by atoms with E-state index >= 15 is 0 Å². The normalized spacial score (nSPS) is 11.2. The number of fused-ring (bicyclic) bond motifs is 1. The maximum Gasteiger partial charge on any atom is 0.224 e. The zero-order valence-corrected chi connectivity index (χ0v) is 11.2. The lowest BCUT2D eigenvalue weighted by Crippen LogP contribution is -1.94. The van der Waals surface area contributed by atoms with Gasteiger partial charge in [0.2, 0.25) is 5.28 Å². The van der Waals surface area contributed by atoms with Crippen molar-refractivity contribution in [2.45, 2.75) is 6.92 Å². The van der Waals surface area contributed by atoms with Gasteiger partial charge in [-0.05, 0) is 48.4 Å². The first-order chi connectivity index (χ1) is 9.06. The maximum atomic E-state index is 13.3. The third-order valence-corrected chi connectivity index (χ3v) is 3.30. The number of aromatic nitrogens is 3. The summed E-state index contributed by atoms with van der Waals surface area (Å²) < 4.78 is 15.2. The first-order valence-corrected chi connectivity index (χ1v) is 6.19. The Bertz CT molecular complexity index is 780. The van der Waals surface area contributed by atoms with Crippen LogP contribution in [0.4, 0.5) is 4.39 Å². The fraction of sp³-hybridized carbons (Fsp3) is 0.143. The summed E-state index contributed by atoms with van der Waals surface area (Å²) in [5, 5.41) is 1.09. The first-order valence-electron chi connectivity index (χ1n) is 5.81. The molecule has 0 bridgehead atoms. The molecule has 96 valence electrons. The Morgan fingerprint density at radius 1 is 1.21 bits per heavy atom. The molecule has 0 radical (unpaired) electrons. The van der Waals surface area contributed by atoms with Gasteiger partial charge in [0.05, 0.1) is 5.69 Å². The minimum absolute atomic E-state index is 0.186. The SMILES string of the molecule is Cc1cc(-c2nc(Cl)nc3c2ccn3C)ccc1F. The number of aryl methyl sites for hydroxylation is 2. The molecule has 0 amide bonds. The van der Waals surface area contributed by atoms with E-state index in [1.165, 1.54) is 6.07 Å². The van der Waals surface area contributed by atoms with Gasteiger partial charge >= 0.3 is 0 Å². The van der Waals surface area contributed by atoms with Crippen molar-refractivity contribution in [1.82, 2.24) is 14.5 Å². The number of hydrogen-bond acceptors (Lipinski definition) is 2. The summed E-state index contributed by atoms with van der Waals surface area (Å²) in [5.74, 6) is -0.229. The van der Waals surface area contributed by atoms with Crippen LogP contribution in [0.3, 0.4) is 0 Å². The molecule has 19 heavy (non-hydrogen) atoms. The van der Waals surface area contributed by atoms with Crippen LogP contribution in [-0.4, -0.2) is 14.5 Å². The Morgan fingerprint density at radius 2 is 2.00 bits per heavy atom. The zero-order valence-electron chi connectivity index (χ0n) is 10.5. The fourth-order valence-corrected chi connectivity index (χ4v) is 2.29. The molecular formula is C14H11ClFN3. The van der Waals surface area contributed by atoms with E-state index in [9.17, 15) is 4.39 Å². The van der Waals surface area contributed by atoms with Gasteiger partial charge in [-0.2, -0.15) is 4.98 Å². The second-order valence-corrected chi connectivity index (χ2v) is 4.81. The molecule has 0 spiro atoms. The van der Waals surface area contributed by atoms with Crippen LogP contribution in [0.5, 0.6) is 0 Å². The van der Waals surface area contributed by atoms with Crippen LogP contribution in [0.15, 0.2) is 30.5 Å². The molecule has 0 atom stereocenters. The van der Waals surface area contributed by atoms with E-state index in [-0.39, 0.29) is 11.1 Å². The predicted octanol–water partition coefficient (Wildman–Crippen LogP) is 3.74. The first kappa shape index (κ1) is 12.1. The molecule has 2 aromatic heterocycles. The van der Waals surface area contributed by atoms with E-state index in [0.29, 0.717) is 5.56 Å². The topological polar surface area (TPSA) is 30.7 Å². The standard InChI is InChI=1S/C14H11ClFN3/c1-8-7-9(3-4-11(8)16)12-10-5-6-19(2)13(10)18-14(15)17-12/h3-7H,1-2H3. The minimum Gasteiger partial charge on any atom is -0.335 e. The lowest BCUT2D eigenvalue weighted by molar-refractivity contribution is 0.619. The second-order valence-electron chi connectivity index (χ2n) is 4.47. The average Bonchev–Trinajstić information content (AvgIpc) is 2.74. The highest BCUT2D eigenvalue weighted by atomic mass is 35.5. The van der Waals surface area contributed by atoms with E-state index in [1.54, 1.807) is 19.1 Å². The quantitative estimate of drug-likeness (QED) is 0.634. The highest BCUT2D eigenvalue weighted by Crippen LogP contribution is 2.28. The molecule has 0 fully saturated rings. The van der Waals surface area contributed by atoms with Crippen molar-refractivity contribution in [2.24, 2.45) is 7.05 Å². The summed E-state index contributed by atoms with van der Waals surface area (Å²) >= 11 is 5.96. The molecule has 0 aliphatic carbocycles. The van der Waals surface area contributed by atoms with E-state index in [1.807, 2.05) is 23.9 Å². The molecule has 0 aliphatic heterocycles. The number of nitrogens with zero attached hydrogens (tertiary/aromatic N) is 3. The number of rotatable bonds is 1. The summed E-state index contributed by atoms with van der Waals surface area (Å²) in [7, 11) is 1.89. The molecule has 3 rings (SSSR count). The summed E-state index contributed by atoms with van der Waals surface area (Å²) in [6, 6.07) is 6.84. The van der Waals surface area contributed by atoms with E-state index < -0.39 is 0 Å². The van der Waals surface area contributed by atoms with Crippen molar-refractivity contribution >= 4 is 22.6 Å². The van der Waals surface area contributed by atoms with Gasteiger partial charge in [0, 0.05) is 24.2 Å². The maximum absolute atomic E-state index is 13.3. The summed E-state index contributed by atoms with van der Waals surface area (Å²) in [6.45, 7) is 1.73. The van der Waals surface area contributed by atoms with Crippen LogP contribution in [0.2, 0.25) is 5.28 Å². The van der Waals surface area contributed by atoms with Crippen LogP contribution in [0.25, 0.3) is 22.3 Å². The molecule has 1 aromatic carbocycles. The van der Waals surface area contributed by atoms with Gasteiger partial charge in [-0.15, -0.1) is 0 Å². The number of hydrogen-bond donors (Lipinski definition) is 0. The van der Waals surface area contributed by atoms with Gasteiger partial charge in [-0.1, -0.05) is 0 Å². The fourth-order valence-electron chi connectivity index (χ4n) is 2.12. The van der Waals surface area contributed by atoms with Gasteiger partial charge in [0.25, 0.3) is 0 Å². The van der Waals surface area contributed by atoms with Gasteiger partial charge < -0.3 is 4.57 Å². The second kappa shape index (κ2) is 4.31. The summed E-state index contributed by atoms with van der Waals surface area (Å²) in [4.78, 5) is 8.48. The van der Waals surface area contributed by atoms with Gasteiger partial charge in [-0.25, -0.2) is 9.37 Å². The third kappa shape index (κ3) is 1.98. The lowest BCUT2D eigenvalue weighted by Gasteiger charge is -2.06. The molecule has 3 aromatic rings. The van der Waals surface area contributed by atoms with Crippen LogP contribution >= 0.6 is 11.6 Å². The number of halogens is 2. The molecule has 0 aliphatic rings. The molecule has 2 heterocycles. The average molecular weight is 276 g/mol. The molecule has 0 saturated heterocycles. The predicted molar refractivity (Wildman–Crippen MR) is 73.7 cm³/mol. The smallest absolute Gasteiger partial charge is 0.224 e. The molecule has 0 saturated carbocycles. The Morgan fingerprint density at radius 3 is 2.74 bits per heavy atom. The number of benzene rings is 1. The van der Waals surface area contributed by atoms with Gasteiger partial charge in [0.1, 0.15) is 11.5 Å². The monoisotopic (exact) mass is 275 g/mol. The third-order valence-electron chi connectivity index (χ3n) is 3.13. The van der Waals surface area contributed by atoms with Crippen molar-refractivity contribution in [2.75, 3.05) is 0 Å². The summed E-state index contributed by atoms with van der Waals surface area (Å²) in [6.07, 6.45) is 1.90. The van der Waals surface area contributed by atoms with Crippen LogP contribution in [0, 0.1) is 12.7 Å². The zero-order chi connectivity index (χ0) is 13.6. The van der Waals surface area contributed by atoms with Crippen molar-refractivity contribution < 1.29 is 4.39 Å². The summed E-state index contributed by atoms with van der Waals surface area (Å²) in [5.41, 5.74) is 2.89. The largest absolute Gasteiger partial charge is 0.335 e. The van der Waals surface area contributed by atoms with Crippen LogP contribution < -0.4 is 0 Å². The Kier molecular flexibility index (Phi) is 2.75. The van der Waals surface area contributed by atoms with Crippen molar-refractivity contribution in [1.29, 1.82) is 0 Å². The van der Waals surface area contributed by atoms with Crippen molar-refractivity contribution in [3.05, 3.63) is 47.1 Å². The van der Waals surface area contributed by atoms with E-state index in [0.717, 1.165) is 22.3 Å². The molecule has 0 N–H and O–H groups in total. The van der Waals surface area contributed by atoms with Gasteiger partial charge in [0.15, 0.2) is 0 Å². The Balaban J connectivity index is 2.32. The molecular weight excluding hydrogens is 265 g/mol. The molecule has 5 heteroatoms. The Labute approximate surface area is 114 Å².